The van der Waals surface area contributed by atoms with Gasteiger partial charge in [0.1, 0.15) is 17.7 Å². The first-order valence-electron chi connectivity index (χ1n) is 6.88. The largest absolute Gasteiger partial charge is 0.490 e. The van der Waals surface area contributed by atoms with Crippen molar-refractivity contribution in [2.75, 3.05) is 13.1 Å². The Morgan fingerprint density at radius 1 is 1.47 bits per heavy atom. The first-order valence-corrected chi connectivity index (χ1v) is 7.26. The van der Waals surface area contributed by atoms with Crippen LogP contribution in [0, 0.1) is 17.7 Å². The average Bonchev–Trinajstić information content (AvgIpc) is 2.86. The van der Waals surface area contributed by atoms with Crippen LogP contribution in [0.3, 0.4) is 0 Å². The molecule has 1 N–H and O–H groups in total. The van der Waals surface area contributed by atoms with Gasteiger partial charge in [-0.05, 0) is 37.4 Å². The van der Waals surface area contributed by atoms with E-state index in [1.807, 2.05) is 0 Å². The SMILES string of the molecule is CC(C)CC(Oc1ccc(Cl)c(F)c1)C1CCNC1. The predicted molar refractivity (Wildman–Crippen MR) is 76.3 cm³/mol. The number of rotatable bonds is 5. The molecule has 1 aromatic carbocycles. The third kappa shape index (κ3) is 4.08. The molecule has 1 aromatic rings. The van der Waals surface area contributed by atoms with Crippen molar-refractivity contribution in [3.8, 4) is 5.75 Å². The van der Waals surface area contributed by atoms with Crippen molar-refractivity contribution in [2.45, 2.75) is 32.8 Å². The molecule has 2 nitrogen and oxygen atoms in total. The molecule has 1 saturated heterocycles. The summed E-state index contributed by atoms with van der Waals surface area (Å²) in [5, 5.41) is 3.49. The summed E-state index contributed by atoms with van der Waals surface area (Å²) >= 11 is 5.69. The van der Waals surface area contributed by atoms with Crippen LogP contribution in [-0.4, -0.2) is 19.2 Å². The highest BCUT2D eigenvalue weighted by Gasteiger charge is 2.27. The molecule has 106 valence electrons. The van der Waals surface area contributed by atoms with E-state index in [0.717, 1.165) is 25.9 Å². The molecule has 0 spiro atoms. The predicted octanol–water partition coefficient (Wildman–Crippen LogP) is 3.88. The molecule has 0 aromatic heterocycles. The molecule has 1 fully saturated rings. The molecule has 0 saturated carbocycles. The van der Waals surface area contributed by atoms with Crippen LogP contribution in [0.2, 0.25) is 5.02 Å². The standard InChI is InChI=1S/C15H21ClFNO/c1-10(2)7-15(11-5-6-18-9-11)19-12-3-4-13(16)14(17)8-12/h3-4,8,10-11,15,18H,5-7,9H2,1-2H3. The maximum Gasteiger partial charge on any atom is 0.145 e. The van der Waals surface area contributed by atoms with Gasteiger partial charge in [0, 0.05) is 18.5 Å². The van der Waals surface area contributed by atoms with E-state index < -0.39 is 5.82 Å². The third-order valence-corrected chi connectivity index (χ3v) is 3.81. The fourth-order valence-electron chi connectivity index (χ4n) is 2.52. The van der Waals surface area contributed by atoms with Gasteiger partial charge in [0.2, 0.25) is 0 Å². The Bertz CT molecular complexity index is 419. The van der Waals surface area contributed by atoms with E-state index in [2.05, 4.69) is 19.2 Å². The smallest absolute Gasteiger partial charge is 0.145 e. The Morgan fingerprint density at radius 2 is 2.26 bits per heavy atom. The van der Waals surface area contributed by atoms with Gasteiger partial charge < -0.3 is 10.1 Å². The minimum atomic E-state index is -0.424. The molecule has 2 atom stereocenters. The van der Waals surface area contributed by atoms with Gasteiger partial charge in [-0.25, -0.2) is 4.39 Å². The molecule has 0 amide bonds. The van der Waals surface area contributed by atoms with E-state index in [4.69, 9.17) is 16.3 Å². The Labute approximate surface area is 119 Å². The number of halogens is 2. The fourth-order valence-corrected chi connectivity index (χ4v) is 2.64. The third-order valence-electron chi connectivity index (χ3n) is 3.51. The van der Waals surface area contributed by atoms with E-state index >= 15 is 0 Å². The highest BCUT2D eigenvalue weighted by molar-refractivity contribution is 6.30. The van der Waals surface area contributed by atoms with Gasteiger partial charge in [-0.1, -0.05) is 25.4 Å². The second kappa shape index (κ2) is 6.58. The molecule has 4 heteroatoms. The van der Waals surface area contributed by atoms with Gasteiger partial charge >= 0.3 is 0 Å². The van der Waals surface area contributed by atoms with Crippen LogP contribution in [0.25, 0.3) is 0 Å². The van der Waals surface area contributed by atoms with Crippen molar-refractivity contribution in [2.24, 2.45) is 11.8 Å². The van der Waals surface area contributed by atoms with Crippen molar-refractivity contribution >= 4 is 11.6 Å². The Morgan fingerprint density at radius 3 is 2.84 bits per heavy atom. The monoisotopic (exact) mass is 285 g/mol. The van der Waals surface area contributed by atoms with Gasteiger partial charge in [-0.3, -0.25) is 0 Å². The van der Waals surface area contributed by atoms with Crippen LogP contribution < -0.4 is 10.1 Å². The number of hydrogen-bond donors (Lipinski definition) is 1. The van der Waals surface area contributed by atoms with Crippen molar-refractivity contribution in [1.29, 1.82) is 0 Å². The lowest BCUT2D eigenvalue weighted by molar-refractivity contribution is 0.119. The summed E-state index contributed by atoms with van der Waals surface area (Å²) in [5.74, 6) is 1.20. The molecule has 2 rings (SSSR count). The number of ether oxygens (including phenoxy) is 1. The van der Waals surface area contributed by atoms with Crippen molar-refractivity contribution in [3.05, 3.63) is 29.0 Å². The molecular weight excluding hydrogens is 265 g/mol. The number of nitrogens with one attached hydrogen (secondary N) is 1. The molecule has 19 heavy (non-hydrogen) atoms. The van der Waals surface area contributed by atoms with E-state index in [9.17, 15) is 4.39 Å². The molecule has 1 aliphatic heterocycles. The highest BCUT2D eigenvalue weighted by atomic mass is 35.5. The Kier molecular flexibility index (Phi) is 5.06. The number of hydrogen-bond acceptors (Lipinski definition) is 2. The minimum absolute atomic E-state index is 0.135. The zero-order valence-corrected chi connectivity index (χ0v) is 12.2. The fraction of sp³-hybridized carbons (Fsp3) is 0.600. The maximum absolute atomic E-state index is 13.4. The van der Waals surface area contributed by atoms with E-state index in [-0.39, 0.29) is 11.1 Å². The summed E-state index contributed by atoms with van der Waals surface area (Å²) in [6.07, 6.45) is 2.24. The summed E-state index contributed by atoms with van der Waals surface area (Å²) < 4.78 is 19.5. The molecule has 1 heterocycles. The summed E-state index contributed by atoms with van der Waals surface area (Å²) in [4.78, 5) is 0. The molecular formula is C15H21ClFNO. The topological polar surface area (TPSA) is 21.3 Å². The van der Waals surface area contributed by atoms with Crippen LogP contribution in [0.5, 0.6) is 5.75 Å². The van der Waals surface area contributed by atoms with E-state index in [1.165, 1.54) is 6.07 Å². The number of benzene rings is 1. The van der Waals surface area contributed by atoms with E-state index in [1.54, 1.807) is 12.1 Å². The summed E-state index contributed by atoms with van der Waals surface area (Å²) in [7, 11) is 0. The van der Waals surface area contributed by atoms with Crippen molar-refractivity contribution in [3.63, 3.8) is 0 Å². The van der Waals surface area contributed by atoms with Crippen LogP contribution >= 0.6 is 11.6 Å². The maximum atomic E-state index is 13.4. The Balaban J connectivity index is 2.07. The van der Waals surface area contributed by atoms with Gasteiger partial charge in [-0.15, -0.1) is 0 Å². The van der Waals surface area contributed by atoms with Crippen molar-refractivity contribution in [1.82, 2.24) is 5.32 Å². The highest BCUT2D eigenvalue weighted by Crippen LogP contribution is 2.27. The lowest BCUT2D eigenvalue weighted by Crippen LogP contribution is -2.30. The lowest BCUT2D eigenvalue weighted by atomic mass is 9.93. The van der Waals surface area contributed by atoms with Crippen LogP contribution in [0.15, 0.2) is 18.2 Å². The van der Waals surface area contributed by atoms with Crippen LogP contribution in [0.1, 0.15) is 26.7 Å². The van der Waals surface area contributed by atoms with Gasteiger partial charge in [0.05, 0.1) is 5.02 Å². The first kappa shape index (κ1) is 14.6. The van der Waals surface area contributed by atoms with Gasteiger partial charge in [0.15, 0.2) is 0 Å². The minimum Gasteiger partial charge on any atom is -0.490 e. The second-order valence-corrected chi connectivity index (χ2v) is 6.02. The quantitative estimate of drug-likeness (QED) is 0.886. The molecule has 0 bridgehead atoms. The first-order chi connectivity index (χ1) is 9.06. The normalized spacial score (nSPS) is 20.8. The molecule has 2 unspecified atom stereocenters. The summed E-state index contributed by atoms with van der Waals surface area (Å²) in [6, 6.07) is 4.66. The van der Waals surface area contributed by atoms with Crippen LogP contribution in [-0.2, 0) is 0 Å². The lowest BCUT2D eigenvalue weighted by Gasteiger charge is -2.26. The Hall–Kier alpha value is -0.800. The summed E-state index contributed by atoms with van der Waals surface area (Å²) in [5.41, 5.74) is 0. The van der Waals surface area contributed by atoms with Gasteiger partial charge in [0.25, 0.3) is 0 Å². The van der Waals surface area contributed by atoms with Gasteiger partial charge in [-0.2, -0.15) is 0 Å². The van der Waals surface area contributed by atoms with Crippen molar-refractivity contribution < 1.29 is 9.13 Å². The zero-order valence-electron chi connectivity index (χ0n) is 11.5. The zero-order chi connectivity index (χ0) is 13.8. The second-order valence-electron chi connectivity index (χ2n) is 5.61. The summed E-state index contributed by atoms with van der Waals surface area (Å²) in [6.45, 7) is 6.38. The molecule has 1 aliphatic rings. The average molecular weight is 286 g/mol. The van der Waals surface area contributed by atoms with E-state index in [0.29, 0.717) is 17.6 Å². The molecule has 0 aliphatic carbocycles. The molecule has 0 radical (unpaired) electrons. The van der Waals surface area contributed by atoms with Crippen LogP contribution in [0.4, 0.5) is 4.39 Å².